The standard InChI is InChI=1S/C14H22N2O/c1-17-9-3-8-16-14-5-2-4-11-6-7-12(15)10-13(11)14/h6-7,10,14,16H,2-5,8-9,15H2,1H3. The van der Waals surface area contributed by atoms with Crippen LogP contribution < -0.4 is 11.1 Å². The van der Waals surface area contributed by atoms with Gasteiger partial charge >= 0.3 is 0 Å². The van der Waals surface area contributed by atoms with Gasteiger partial charge < -0.3 is 15.8 Å². The van der Waals surface area contributed by atoms with Crippen LogP contribution in [0.4, 0.5) is 5.69 Å². The van der Waals surface area contributed by atoms with E-state index >= 15 is 0 Å². The second kappa shape index (κ2) is 6.03. The van der Waals surface area contributed by atoms with Crippen molar-refractivity contribution < 1.29 is 4.74 Å². The molecule has 1 aromatic carbocycles. The summed E-state index contributed by atoms with van der Waals surface area (Å²) < 4.78 is 5.06. The molecule has 3 N–H and O–H groups in total. The van der Waals surface area contributed by atoms with Gasteiger partial charge in [0.1, 0.15) is 0 Å². The van der Waals surface area contributed by atoms with E-state index in [2.05, 4.69) is 17.4 Å². The Kier molecular flexibility index (Phi) is 4.40. The summed E-state index contributed by atoms with van der Waals surface area (Å²) in [4.78, 5) is 0. The maximum absolute atomic E-state index is 5.87. The predicted octanol–water partition coefficient (Wildman–Crippen LogP) is 2.27. The van der Waals surface area contributed by atoms with Crippen LogP contribution in [0.2, 0.25) is 0 Å². The van der Waals surface area contributed by atoms with Crippen LogP contribution in [0.1, 0.15) is 36.4 Å². The highest BCUT2D eigenvalue weighted by atomic mass is 16.5. The van der Waals surface area contributed by atoms with Gasteiger partial charge in [0.2, 0.25) is 0 Å². The van der Waals surface area contributed by atoms with Gasteiger partial charge in [0, 0.05) is 25.4 Å². The van der Waals surface area contributed by atoms with Gasteiger partial charge in [0.15, 0.2) is 0 Å². The summed E-state index contributed by atoms with van der Waals surface area (Å²) in [6, 6.07) is 6.78. The van der Waals surface area contributed by atoms with Crippen LogP contribution in [-0.4, -0.2) is 20.3 Å². The Balaban J connectivity index is 1.98. The zero-order valence-corrected chi connectivity index (χ0v) is 10.5. The highest BCUT2D eigenvalue weighted by Crippen LogP contribution is 2.30. The topological polar surface area (TPSA) is 47.3 Å². The van der Waals surface area contributed by atoms with Crippen LogP contribution in [0.3, 0.4) is 0 Å². The molecule has 0 radical (unpaired) electrons. The molecule has 3 heteroatoms. The third-order valence-electron chi connectivity index (χ3n) is 3.40. The van der Waals surface area contributed by atoms with Crippen molar-refractivity contribution in [1.82, 2.24) is 5.32 Å². The highest BCUT2D eigenvalue weighted by Gasteiger charge is 2.19. The summed E-state index contributed by atoms with van der Waals surface area (Å²) >= 11 is 0. The van der Waals surface area contributed by atoms with E-state index in [4.69, 9.17) is 10.5 Å². The van der Waals surface area contributed by atoms with Gasteiger partial charge in [-0.3, -0.25) is 0 Å². The molecule has 17 heavy (non-hydrogen) atoms. The van der Waals surface area contributed by atoms with E-state index in [9.17, 15) is 0 Å². The first-order chi connectivity index (χ1) is 8.31. The fourth-order valence-electron chi connectivity index (χ4n) is 2.52. The number of hydrogen-bond acceptors (Lipinski definition) is 3. The number of aryl methyl sites for hydroxylation is 1. The van der Waals surface area contributed by atoms with Gasteiger partial charge in [-0.25, -0.2) is 0 Å². The number of fused-ring (bicyclic) bond motifs is 1. The first-order valence-electron chi connectivity index (χ1n) is 6.42. The molecule has 94 valence electrons. The molecule has 0 aromatic heterocycles. The molecule has 1 unspecified atom stereocenters. The van der Waals surface area contributed by atoms with Gasteiger partial charge in [-0.2, -0.15) is 0 Å². The smallest absolute Gasteiger partial charge is 0.0474 e. The van der Waals surface area contributed by atoms with Gasteiger partial charge in [-0.05, 0) is 55.5 Å². The lowest BCUT2D eigenvalue weighted by Gasteiger charge is -2.27. The molecule has 0 bridgehead atoms. The van der Waals surface area contributed by atoms with Crippen molar-refractivity contribution in [1.29, 1.82) is 0 Å². The van der Waals surface area contributed by atoms with E-state index in [1.165, 1.54) is 30.4 Å². The van der Waals surface area contributed by atoms with Crippen LogP contribution >= 0.6 is 0 Å². The molecule has 0 saturated carbocycles. The second-order valence-corrected chi connectivity index (χ2v) is 4.70. The Bertz CT molecular complexity index is 365. The molecule has 0 amide bonds. The lowest BCUT2D eigenvalue weighted by molar-refractivity contribution is 0.192. The van der Waals surface area contributed by atoms with Crippen LogP contribution in [0, 0.1) is 0 Å². The number of nitrogens with one attached hydrogen (secondary N) is 1. The molecule has 1 atom stereocenters. The van der Waals surface area contributed by atoms with E-state index in [0.717, 1.165) is 25.3 Å². The molecular weight excluding hydrogens is 212 g/mol. The number of nitrogens with two attached hydrogens (primary N) is 1. The van der Waals surface area contributed by atoms with Crippen molar-refractivity contribution in [2.75, 3.05) is 26.0 Å². The third-order valence-corrected chi connectivity index (χ3v) is 3.40. The minimum atomic E-state index is 0.471. The van der Waals surface area contributed by atoms with Crippen LogP contribution in [-0.2, 0) is 11.2 Å². The summed E-state index contributed by atoms with van der Waals surface area (Å²) in [6.07, 6.45) is 4.72. The maximum Gasteiger partial charge on any atom is 0.0474 e. The van der Waals surface area contributed by atoms with E-state index in [1.807, 2.05) is 6.07 Å². The summed E-state index contributed by atoms with van der Waals surface area (Å²) in [7, 11) is 1.75. The Morgan fingerprint density at radius 3 is 3.18 bits per heavy atom. The van der Waals surface area contributed by atoms with Gasteiger partial charge in [-0.15, -0.1) is 0 Å². The molecule has 3 nitrogen and oxygen atoms in total. The molecule has 1 aliphatic rings. The number of ether oxygens (including phenoxy) is 1. The Morgan fingerprint density at radius 1 is 1.47 bits per heavy atom. The van der Waals surface area contributed by atoms with Gasteiger partial charge in [0.25, 0.3) is 0 Å². The number of benzene rings is 1. The normalized spacial score (nSPS) is 19.0. The van der Waals surface area contributed by atoms with Crippen LogP contribution in [0.5, 0.6) is 0 Å². The van der Waals surface area contributed by atoms with Crippen molar-refractivity contribution >= 4 is 5.69 Å². The average molecular weight is 234 g/mol. The predicted molar refractivity (Wildman–Crippen MR) is 71.0 cm³/mol. The Morgan fingerprint density at radius 2 is 2.35 bits per heavy atom. The summed E-state index contributed by atoms with van der Waals surface area (Å²) in [5.74, 6) is 0. The van der Waals surface area contributed by atoms with Crippen molar-refractivity contribution in [3.63, 3.8) is 0 Å². The summed E-state index contributed by atoms with van der Waals surface area (Å²) in [5, 5.41) is 3.60. The van der Waals surface area contributed by atoms with E-state index < -0.39 is 0 Å². The SMILES string of the molecule is COCCCNC1CCCc2ccc(N)cc21. The number of hydrogen-bond donors (Lipinski definition) is 2. The monoisotopic (exact) mass is 234 g/mol. The van der Waals surface area contributed by atoms with E-state index in [-0.39, 0.29) is 0 Å². The van der Waals surface area contributed by atoms with Crippen LogP contribution in [0.25, 0.3) is 0 Å². The number of nitrogen functional groups attached to an aromatic ring is 1. The maximum atomic E-state index is 5.87. The van der Waals surface area contributed by atoms with Crippen LogP contribution in [0.15, 0.2) is 18.2 Å². The second-order valence-electron chi connectivity index (χ2n) is 4.70. The first kappa shape index (κ1) is 12.4. The lowest BCUT2D eigenvalue weighted by atomic mass is 9.87. The minimum absolute atomic E-state index is 0.471. The zero-order chi connectivity index (χ0) is 12.1. The van der Waals surface area contributed by atoms with Gasteiger partial charge in [-0.1, -0.05) is 6.07 Å². The number of rotatable bonds is 5. The van der Waals surface area contributed by atoms with Crippen molar-refractivity contribution in [2.45, 2.75) is 31.7 Å². The first-order valence-corrected chi connectivity index (χ1v) is 6.42. The third kappa shape index (κ3) is 3.20. The summed E-state index contributed by atoms with van der Waals surface area (Å²) in [5.41, 5.74) is 9.59. The lowest BCUT2D eigenvalue weighted by Crippen LogP contribution is -2.26. The quantitative estimate of drug-likeness (QED) is 0.607. The molecule has 0 spiro atoms. The Hall–Kier alpha value is -1.06. The van der Waals surface area contributed by atoms with Crippen molar-refractivity contribution in [2.24, 2.45) is 0 Å². The number of anilines is 1. The highest BCUT2D eigenvalue weighted by molar-refractivity contribution is 5.46. The minimum Gasteiger partial charge on any atom is -0.399 e. The van der Waals surface area contributed by atoms with E-state index in [0.29, 0.717) is 6.04 Å². The molecule has 1 aromatic rings. The molecular formula is C14H22N2O. The summed E-state index contributed by atoms with van der Waals surface area (Å²) in [6.45, 7) is 1.83. The molecule has 0 saturated heterocycles. The van der Waals surface area contributed by atoms with E-state index in [1.54, 1.807) is 7.11 Å². The van der Waals surface area contributed by atoms with Gasteiger partial charge in [0.05, 0.1) is 0 Å². The van der Waals surface area contributed by atoms with Crippen molar-refractivity contribution in [3.8, 4) is 0 Å². The fraction of sp³-hybridized carbons (Fsp3) is 0.571. The Labute approximate surface area is 103 Å². The molecule has 1 aliphatic carbocycles. The number of methoxy groups -OCH3 is 1. The average Bonchev–Trinajstić information content (AvgIpc) is 2.35. The molecule has 0 aliphatic heterocycles. The fourth-order valence-corrected chi connectivity index (χ4v) is 2.52. The molecule has 0 fully saturated rings. The molecule has 2 rings (SSSR count). The largest absolute Gasteiger partial charge is 0.399 e. The molecule has 0 heterocycles. The zero-order valence-electron chi connectivity index (χ0n) is 10.5. The van der Waals surface area contributed by atoms with Crippen molar-refractivity contribution in [3.05, 3.63) is 29.3 Å².